The fourth-order valence-electron chi connectivity index (χ4n) is 2.79. The topological polar surface area (TPSA) is 71.6 Å². The van der Waals surface area contributed by atoms with Gasteiger partial charge in [0.05, 0.1) is 18.8 Å². The summed E-state index contributed by atoms with van der Waals surface area (Å²) in [6, 6.07) is 3.40. The molecule has 2 aromatic heterocycles. The van der Waals surface area contributed by atoms with Gasteiger partial charge in [0.1, 0.15) is 11.6 Å². The predicted molar refractivity (Wildman–Crippen MR) is 81.0 cm³/mol. The molecule has 0 N–H and O–H groups in total. The van der Waals surface area contributed by atoms with E-state index in [2.05, 4.69) is 4.98 Å². The van der Waals surface area contributed by atoms with Gasteiger partial charge in [-0.2, -0.15) is 17.0 Å². The van der Waals surface area contributed by atoms with Crippen LogP contribution in [0.25, 0.3) is 0 Å². The third kappa shape index (κ3) is 2.69. The van der Waals surface area contributed by atoms with Gasteiger partial charge in [-0.15, -0.1) is 0 Å². The summed E-state index contributed by atoms with van der Waals surface area (Å²) in [5.41, 5.74) is 0. The van der Waals surface area contributed by atoms with Crippen LogP contribution in [-0.4, -0.2) is 40.2 Å². The first-order valence-corrected chi connectivity index (χ1v) is 8.62. The molecule has 3 heterocycles. The molecule has 8 heteroatoms. The van der Waals surface area contributed by atoms with Gasteiger partial charge < -0.3 is 8.98 Å². The third-order valence-corrected chi connectivity index (χ3v) is 6.00. The fourth-order valence-corrected chi connectivity index (χ4v) is 4.32. The molecule has 7 nitrogen and oxygen atoms in total. The Morgan fingerprint density at radius 2 is 2.32 bits per heavy atom. The molecule has 0 aromatic carbocycles. The zero-order valence-electron chi connectivity index (χ0n) is 12.7. The van der Waals surface area contributed by atoms with Gasteiger partial charge in [0.15, 0.2) is 0 Å². The van der Waals surface area contributed by atoms with E-state index in [0.29, 0.717) is 18.1 Å². The standard InChI is InChI=1S/C14H20N4O3S/c1-16-9-7-15-14(16)11-17(2)22(19,20)18-8-3-5-12(18)13-6-4-10-21-13/h4,6-7,9-10,12H,3,5,8,11H2,1-2H3/t12-/m1/s1. The molecule has 1 aliphatic heterocycles. The molecule has 3 rings (SSSR count). The number of aryl methyl sites for hydroxylation is 1. The SMILES string of the molecule is CN(Cc1nccn1C)S(=O)(=O)N1CCC[C@@H]1c1ccco1. The number of hydrogen-bond donors (Lipinski definition) is 0. The van der Waals surface area contributed by atoms with Crippen LogP contribution in [0.3, 0.4) is 0 Å². The van der Waals surface area contributed by atoms with Gasteiger partial charge >= 0.3 is 0 Å². The second-order valence-corrected chi connectivity index (χ2v) is 7.49. The zero-order valence-corrected chi connectivity index (χ0v) is 13.5. The lowest BCUT2D eigenvalue weighted by atomic mass is 10.2. The summed E-state index contributed by atoms with van der Waals surface area (Å²) in [5.74, 6) is 1.41. The van der Waals surface area contributed by atoms with Gasteiger partial charge in [-0.3, -0.25) is 0 Å². The average Bonchev–Trinajstić information content (AvgIpc) is 3.18. The lowest BCUT2D eigenvalue weighted by molar-refractivity contribution is 0.309. The van der Waals surface area contributed by atoms with E-state index < -0.39 is 10.2 Å². The summed E-state index contributed by atoms with van der Waals surface area (Å²) >= 11 is 0. The molecule has 0 aliphatic carbocycles. The smallest absolute Gasteiger partial charge is 0.282 e. The molecule has 0 spiro atoms. The van der Waals surface area contributed by atoms with Crippen LogP contribution in [0.15, 0.2) is 35.2 Å². The third-order valence-electron chi connectivity index (χ3n) is 4.05. The predicted octanol–water partition coefficient (Wildman–Crippen LogP) is 1.53. The highest BCUT2D eigenvalue weighted by atomic mass is 32.2. The highest BCUT2D eigenvalue weighted by Gasteiger charge is 2.39. The van der Waals surface area contributed by atoms with E-state index in [0.717, 1.165) is 12.8 Å². The molecule has 22 heavy (non-hydrogen) atoms. The van der Waals surface area contributed by atoms with Crippen LogP contribution in [0.4, 0.5) is 0 Å². The van der Waals surface area contributed by atoms with Crippen LogP contribution in [0.5, 0.6) is 0 Å². The fraction of sp³-hybridized carbons (Fsp3) is 0.500. The van der Waals surface area contributed by atoms with Crippen LogP contribution in [-0.2, 0) is 23.8 Å². The van der Waals surface area contributed by atoms with Crippen molar-refractivity contribution in [1.29, 1.82) is 0 Å². The number of aromatic nitrogens is 2. The maximum atomic E-state index is 12.8. The van der Waals surface area contributed by atoms with Gasteiger partial charge in [0, 0.05) is 33.0 Å². The average molecular weight is 324 g/mol. The van der Waals surface area contributed by atoms with Crippen molar-refractivity contribution in [3.8, 4) is 0 Å². The Bertz CT molecular complexity index is 723. The molecule has 2 aromatic rings. The number of rotatable bonds is 5. The minimum atomic E-state index is -3.55. The molecule has 1 fully saturated rings. The van der Waals surface area contributed by atoms with E-state index in [1.54, 1.807) is 31.8 Å². The minimum absolute atomic E-state index is 0.219. The summed E-state index contributed by atoms with van der Waals surface area (Å²) in [4.78, 5) is 4.18. The van der Waals surface area contributed by atoms with E-state index in [4.69, 9.17) is 4.42 Å². The maximum Gasteiger partial charge on any atom is 0.282 e. The molecule has 1 saturated heterocycles. The first-order chi connectivity index (χ1) is 10.5. The van der Waals surface area contributed by atoms with Crippen molar-refractivity contribution in [3.63, 3.8) is 0 Å². The number of imidazole rings is 1. The molecule has 1 aliphatic rings. The first kappa shape index (κ1) is 15.3. The zero-order chi connectivity index (χ0) is 15.7. The Kier molecular flexibility index (Phi) is 4.07. The number of nitrogens with zero attached hydrogens (tertiary/aromatic N) is 4. The summed E-state index contributed by atoms with van der Waals surface area (Å²) in [7, 11) is -0.117. The Hall–Kier alpha value is -1.64. The van der Waals surface area contributed by atoms with E-state index in [9.17, 15) is 8.42 Å². The van der Waals surface area contributed by atoms with Crippen molar-refractivity contribution < 1.29 is 12.8 Å². The second-order valence-electron chi connectivity index (χ2n) is 5.50. The van der Waals surface area contributed by atoms with Gasteiger partial charge in [-0.1, -0.05) is 0 Å². The lowest BCUT2D eigenvalue weighted by Crippen LogP contribution is -2.41. The van der Waals surface area contributed by atoms with Gasteiger partial charge in [-0.05, 0) is 25.0 Å². The van der Waals surface area contributed by atoms with Crippen molar-refractivity contribution in [2.45, 2.75) is 25.4 Å². The number of furan rings is 1. The van der Waals surface area contributed by atoms with Gasteiger partial charge in [0.2, 0.25) is 0 Å². The molecule has 0 bridgehead atoms. The van der Waals surface area contributed by atoms with Crippen molar-refractivity contribution in [3.05, 3.63) is 42.4 Å². The molecule has 0 saturated carbocycles. The number of hydrogen-bond acceptors (Lipinski definition) is 4. The van der Waals surface area contributed by atoms with Crippen LogP contribution < -0.4 is 0 Å². The summed E-state index contributed by atoms with van der Waals surface area (Å²) in [6.45, 7) is 0.756. The van der Waals surface area contributed by atoms with E-state index in [1.807, 2.05) is 17.7 Å². The van der Waals surface area contributed by atoms with Crippen molar-refractivity contribution in [2.75, 3.05) is 13.6 Å². The summed E-state index contributed by atoms with van der Waals surface area (Å²) < 4.78 is 35.8. The lowest BCUT2D eigenvalue weighted by Gasteiger charge is -2.27. The van der Waals surface area contributed by atoms with Crippen LogP contribution in [0.2, 0.25) is 0 Å². The molecule has 1 atom stereocenters. The Balaban J connectivity index is 1.81. The molecular weight excluding hydrogens is 304 g/mol. The molecule has 0 amide bonds. The first-order valence-electron chi connectivity index (χ1n) is 7.23. The maximum absolute atomic E-state index is 12.8. The normalized spacial score (nSPS) is 20.0. The van der Waals surface area contributed by atoms with Crippen LogP contribution in [0.1, 0.15) is 30.5 Å². The second kappa shape index (κ2) is 5.86. The monoisotopic (exact) mass is 324 g/mol. The summed E-state index contributed by atoms with van der Waals surface area (Å²) in [6.07, 6.45) is 6.66. The molecular formula is C14H20N4O3S. The van der Waals surface area contributed by atoms with Gasteiger partial charge in [-0.25, -0.2) is 4.98 Å². The van der Waals surface area contributed by atoms with Crippen molar-refractivity contribution >= 4 is 10.2 Å². The van der Waals surface area contributed by atoms with Gasteiger partial charge in [0.25, 0.3) is 10.2 Å². The van der Waals surface area contributed by atoms with Crippen LogP contribution >= 0.6 is 0 Å². The molecule has 120 valence electrons. The Morgan fingerprint density at radius 1 is 1.50 bits per heavy atom. The highest BCUT2D eigenvalue weighted by Crippen LogP contribution is 2.35. The van der Waals surface area contributed by atoms with Crippen molar-refractivity contribution in [2.24, 2.45) is 7.05 Å². The minimum Gasteiger partial charge on any atom is -0.468 e. The van der Waals surface area contributed by atoms with Crippen molar-refractivity contribution in [1.82, 2.24) is 18.2 Å². The Labute approximate surface area is 130 Å². The largest absolute Gasteiger partial charge is 0.468 e. The summed E-state index contributed by atoms with van der Waals surface area (Å²) in [5, 5.41) is 0. The molecule has 0 unspecified atom stereocenters. The van der Waals surface area contributed by atoms with E-state index in [-0.39, 0.29) is 12.6 Å². The van der Waals surface area contributed by atoms with E-state index >= 15 is 0 Å². The van der Waals surface area contributed by atoms with E-state index in [1.165, 1.54) is 8.61 Å². The van der Waals surface area contributed by atoms with Crippen LogP contribution in [0, 0.1) is 0 Å². The quantitative estimate of drug-likeness (QED) is 0.836. The highest BCUT2D eigenvalue weighted by molar-refractivity contribution is 7.86. The molecule has 0 radical (unpaired) electrons. The Morgan fingerprint density at radius 3 is 2.95 bits per heavy atom.